The molecule has 4 aromatic rings. The lowest BCUT2D eigenvalue weighted by Crippen LogP contribution is -2.50. The van der Waals surface area contributed by atoms with Crippen LogP contribution in [0.2, 0.25) is 0 Å². The summed E-state index contributed by atoms with van der Waals surface area (Å²) >= 11 is 0. The smallest absolute Gasteiger partial charge is 0.229 e. The van der Waals surface area contributed by atoms with Crippen LogP contribution in [0, 0.1) is 0 Å². The van der Waals surface area contributed by atoms with Gasteiger partial charge in [0, 0.05) is 29.4 Å². The molecule has 0 N–H and O–H groups in total. The quantitative estimate of drug-likeness (QED) is 0.318. The molecule has 6 rings (SSSR count). The summed E-state index contributed by atoms with van der Waals surface area (Å²) in [6.07, 6.45) is 4.27. The molecule has 4 aromatic carbocycles. The number of hydrogen-bond acceptors (Lipinski definition) is 4. The standard InChI is InChI=1S/C28H21N3O/c1-31-26-14-8-6-12-24(26)23-11-5-7-13-25(23)28(31)18-17-20-19-22(15-16-27(20)32-28)30-29-21-9-3-2-4-10-21/h2-19H,1H3/t28-/m0/s1. The molecule has 0 saturated heterocycles. The second kappa shape index (κ2) is 7.20. The maximum Gasteiger partial charge on any atom is 0.229 e. The van der Waals surface area contributed by atoms with Gasteiger partial charge in [-0.3, -0.25) is 0 Å². The largest absolute Gasteiger partial charge is 0.459 e. The van der Waals surface area contributed by atoms with Crippen molar-refractivity contribution < 1.29 is 4.74 Å². The van der Waals surface area contributed by atoms with Crippen LogP contribution in [0.15, 0.2) is 113 Å². The van der Waals surface area contributed by atoms with E-state index in [9.17, 15) is 0 Å². The summed E-state index contributed by atoms with van der Waals surface area (Å²) in [7, 11) is 2.09. The molecule has 4 nitrogen and oxygen atoms in total. The Morgan fingerprint density at radius 1 is 0.719 bits per heavy atom. The molecule has 0 bridgehead atoms. The maximum atomic E-state index is 6.74. The second-order valence-electron chi connectivity index (χ2n) is 8.01. The van der Waals surface area contributed by atoms with E-state index in [0.717, 1.165) is 33.9 Å². The highest BCUT2D eigenvalue weighted by Gasteiger charge is 2.44. The maximum absolute atomic E-state index is 6.74. The molecule has 0 aromatic heterocycles. The third-order valence-electron chi connectivity index (χ3n) is 6.15. The van der Waals surface area contributed by atoms with E-state index in [1.54, 1.807) is 0 Å². The molecule has 0 amide bonds. The Hall–Kier alpha value is -4.18. The lowest BCUT2D eigenvalue weighted by molar-refractivity contribution is 0.116. The van der Waals surface area contributed by atoms with E-state index in [0.29, 0.717) is 0 Å². The summed E-state index contributed by atoms with van der Waals surface area (Å²) in [5, 5.41) is 8.72. The van der Waals surface area contributed by atoms with Gasteiger partial charge in [-0.25, -0.2) is 0 Å². The van der Waals surface area contributed by atoms with Gasteiger partial charge in [0.05, 0.1) is 11.4 Å². The molecule has 2 aliphatic rings. The highest BCUT2D eigenvalue weighted by Crippen LogP contribution is 2.50. The third kappa shape index (κ3) is 2.84. The fourth-order valence-electron chi connectivity index (χ4n) is 4.54. The van der Waals surface area contributed by atoms with E-state index in [2.05, 4.69) is 82.9 Å². The number of rotatable bonds is 2. The highest BCUT2D eigenvalue weighted by molar-refractivity contribution is 5.87. The first kappa shape index (κ1) is 18.6. The van der Waals surface area contributed by atoms with Crippen molar-refractivity contribution in [3.63, 3.8) is 0 Å². The van der Waals surface area contributed by atoms with Crippen molar-refractivity contribution in [3.8, 4) is 16.9 Å². The molecule has 32 heavy (non-hydrogen) atoms. The van der Waals surface area contributed by atoms with E-state index in [4.69, 9.17) is 4.74 Å². The van der Waals surface area contributed by atoms with E-state index >= 15 is 0 Å². The van der Waals surface area contributed by atoms with Crippen molar-refractivity contribution in [2.24, 2.45) is 10.2 Å². The van der Waals surface area contributed by atoms with Gasteiger partial charge in [-0.1, -0.05) is 60.7 Å². The van der Waals surface area contributed by atoms with E-state index < -0.39 is 5.72 Å². The first-order valence-electron chi connectivity index (χ1n) is 10.7. The van der Waals surface area contributed by atoms with Crippen LogP contribution >= 0.6 is 0 Å². The highest BCUT2D eigenvalue weighted by atomic mass is 16.5. The molecule has 0 fully saturated rings. The Morgan fingerprint density at radius 3 is 2.31 bits per heavy atom. The summed E-state index contributed by atoms with van der Waals surface area (Å²) in [6, 6.07) is 32.6. The van der Waals surface area contributed by atoms with Crippen LogP contribution in [0.25, 0.3) is 17.2 Å². The van der Waals surface area contributed by atoms with Crippen molar-refractivity contribution in [1.29, 1.82) is 0 Å². The molecule has 0 radical (unpaired) electrons. The lowest BCUT2D eigenvalue weighted by Gasteiger charge is -2.47. The fraction of sp³-hybridized carbons (Fsp3) is 0.0714. The molecule has 2 aliphatic heterocycles. The number of anilines is 1. The number of likely N-dealkylation sites (N-methyl/N-ethyl adjacent to an activating group) is 1. The zero-order chi connectivity index (χ0) is 21.5. The number of benzene rings is 4. The first-order chi connectivity index (χ1) is 15.7. The van der Waals surface area contributed by atoms with Gasteiger partial charge >= 0.3 is 0 Å². The molecular formula is C28H21N3O. The topological polar surface area (TPSA) is 37.2 Å². The number of azo groups is 1. The summed E-state index contributed by atoms with van der Waals surface area (Å²) < 4.78 is 6.74. The average molecular weight is 415 g/mol. The van der Waals surface area contributed by atoms with Crippen LogP contribution in [0.5, 0.6) is 5.75 Å². The summed E-state index contributed by atoms with van der Waals surface area (Å²) in [6.45, 7) is 0. The number of nitrogens with zero attached hydrogens (tertiary/aromatic N) is 3. The molecule has 4 heteroatoms. The Morgan fingerprint density at radius 2 is 1.44 bits per heavy atom. The number of ether oxygens (including phenoxy) is 1. The van der Waals surface area contributed by atoms with E-state index in [-0.39, 0.29) is 0 Å². The van der Waals surface area contributed by atoms with E-state index in [1.165, 1.54) is 11.1 Å². The number of fused-ring (bicyclic) bond motifs is 5. The van der Waals surface area contributed by atoms with Crippen LogP contribution in [0.3, 0.4) is 0 Å². The minimum Gasteiger partial charge on any atom is -0.459 e. The molecular weight excluding hydrogens is 394 g/mol. The van der Waals surface area contributed by atoms with Crippen LogP contribution in [0.4, 0.5) is 17.1 Å². The van der Waals surface area contributed by atoms with E-state index in [1.807, 2.05) is 48.5 Å². The molecule has 2 heterocycles. The predicted octanol–water partition coefficient (Wildman–Crippen LogP) is 7.48. The van der Waals surface area contributed by atoms with Gasteiger partial charge in [-0.05, 0) is 54.1 Å². The number of para-hydroxylation sites is 1. The van der Waals surface area contributed by atoms with Crippen LogP contribution in [-0.4, -0.2) is 7.05 Å². The Balaban J connectivity index is 1.40. The van der Waals surface area contributed by atoms with Gasteiger partial charge < -0.3 is 9.64 Å². The molecule has 154 valence electrons. The van der Waals surface area contributed by atoms with Crippen LogP contribution in [0.1, 0.15) is 11.1 Å². The Kier molecular flexibility index (Phi) is 4.18. The van der Waals surface area contributed by atoms with Crippen molar-refractivity contribution >= 4 is 23.1 Å². The van der Waals surface area contributed by atoms with Crippen molar-refractivity contribution in [1.82, 2.24) is 0 Å². The van der Waals surface area contributed by atoms with Gasteiger partial charge in [0.15, 0.2) is 0 Å². The normalized spacial score (nSPS) is 18.2. The summed E-state index contributed by atoms with van der Waals surface area (Å²) in [5.74, 6) is 0.826. The van der Waals surface area contributed by atoms with Crippen molar-refractivity contribution in [3.05, 3.63) is 114 Å². The molecule has 1 atom stereocenters. The van der Waals surface area contributed by atoms with Gasteiger partial charge in [0.25, 0.3) is 0 Å². The summed E-state index contributed by atoms with van der Waals surface area (Å²) in [5.41, 5.74) is 6.60. The minimum absolute atomic E-state index is 0.703. The SMILES string of the molecule is CN1c2ccccc2-c2ccccc2[C@@]12C=Cc1cc(N=Nc3ccccc3)ccc1O2. The number of hydrogen-bond donors (Lipinski definition) is 0. The zero-order valence-corrected chi connectivity index (χ0v) is 17.6. The molecule has 0 aliphatic carbocycles. The zero-order valence-electron chi connectivity index (χ0n) is 17.6. The average Bonchev–Trinajstić information content (AvgIpc) is 2.87. The van der Waals surface area contributed by atoms with Crippen molar-refractivity contribution in [2.45, 2.75) is 5.72 Å². The Bertz CT molecular complexity index is 1380. The monoisotopic (exact) mass is 415 g/mol. The molecule has 0 unspecified atom stereocenters. The molecule has 1 spiro atoms. The van der Waals surface area contributed by atoms with Crippen LogP contribution in [-0.2, 0) is 5.72 Å². The van der Waals surface area contributed by atoms with Gasteiger partial charge in [-0.2, -0.15) is 10.2 Å². The predicted molar refractivity (Wildman–Crippen MR) is 129 cm³/mol. The second-order valence-corrected chi connectivity index (χ2v) is 8.01. The fourth-order valence-corrected chi connectivity index (χ4v) is 4.54. The van der Waals surface area contributed by atoms with Crippen molar-refractivity contribution in [2.75, 3.05) is 11.9 Å². The van der Waals surface area contributed by atoms with Crippen LogP contribution < -0.4 is 9.64 Å². The Labute approximate surface area is 187 Å². The van der Waals surface area contributed by atoms with Gasteiger partial charge in [-0.15, -0.1) is 0 Å². The first-order valence-corrected chi connectivity index (χ1v) is 10.7. The van der Waals surface area contributed by atoms with Gasteiger partial charge in [0.2, 0.25) is 5.72 Å². The molecule has 0 saturated carbocycles. The minimum atomic E-state index is -0.703. The third-order valence-corrected chi connectivity index (χ3v) is 6.15. The van der Waals surface area contributed by atoms with Gasteiger partial charge in [0.1, 0.15) is 5.75 Å². The lowest BCUT2D eigenvalue weighted by atomic mass is 9.84. The summed E-state index contributed by atoms with van der Waals surface area (Å²) in [4.78, 5) is 2.22.